The molecule has 26 heavy (non-hydrogen) atoms. The quantitative estimate of drug-likeness (QED) is 0.701. The molecule has 6 nitrogen and oxygen atoms in total. The van der Waals surface area contributed by atoms with Gasteiger partial charge in [-0.05, 0) is 43.5 Å². The van der Waals surface area contributed by atoms with Gasteiger partial charge in [-0.3, -0.25) is 4.79 Å². The number of furan rings is 1. The predicted octanol–water partition coefficient (Wildman–Crippen LogP) is 3.16. The molecule has 0 aliphatic heterocycles. The molecule has 0 radical (unpaired) electrons. The molecule has 1 amide bonds. The van der Waals surface area contributed by atoms with Crippen LogP contribution in [0, 0.1) is 12.8 Å². The van der Waals surface area contributed by atoms with Gasteiger partial charge >= 0.3 is 0 Å². The molecule has 0 bridgehead atoms. The average molecular weight is 378 g/mol. The number of amides is 1. The zero-order valence-corrected chi connectivity index (χ0v) is 16.2. The van der Waals surface area contributed by atoms with Crippen LogP contribution in [-0.2, 0) is 14.8 Å². The van der Waals surface area contributed by atoms with Gasteiger partial charge in [0.25, 0.3) is 0 Å². The molecule has 2 N–H and O–H groups in total. The number of aryl methyl sites for hydroxylation is 1. The first kappa shape index (κ1) is 20.2. The van der Waals surface area contributed by atoms with Crippen molar-refractivity contribution >= 4 is 15.9 Å². The highest BCUT2D eigenvalue weighted by atomic mass is 32.2. The summed E-state index contributed by atoms with van der Waals surface area (Å²) in [5.41, 5.74) is 0.969. The van der Waals surface area contributed by atoms with Crippen molar-refractivity contribution in [3.05, 3.63) is 54.0 Å². The molecule has 2 rings (SSSR count). The fraction of sp³-hybridized carbons (Fsp3) is 0.421. The largest absolute Gasteiger partial charge is 0.468 e. The van der Waals surface area contributed by atoms with Crippen molar-refractivity contribution < 1.29 is 17.6 Å². The summed E-state index contributed by atoms with van der Waals surface area (Å²) in [5, 5.41) is 2.82. The smallest absolute Gasteiger partial charge is 0.241 e. The van der Waals surface area contributed by atoms with Crippen molar-refractivity contribution in [3.8, 4) is 0 Å². The average Bonchev–Trinajstić information content (AvgIpc) is 3.08. The predicted molar refractivity (Wildman–Crippen MR) is 100 cm³/mol. The van der Waals surface area contributed by atoms with E-state index >= 15 is 0 Å². The lowest BCUT2D eigenvalue weighted by molar-refractivity contribution is -0.121. The maximum Gasteiger partial charge on any atom is 0.241 e. The van der Waals surface area contributed by atoms with Crippen LogP contribution < -0.4 is 10.0 Å². The Morgan fingerprint density at radius 2 is 1.85 bits per heavy atom. The SMILES string of the molecule is Cc1ccc(S(=O)(=O)N[C@@H](CC(=O)NCCC(C)C)c2ccco2)cc1. The van der Waals surface area contributed by atoms with Crippen molar-refractivity contribution in [1.29, 1.82) is 0 Å². The van der Waals surface area contributed by atoms with E-state index < -0.39 is 16.1 Å². The zero-order valence-electron chi connectivity index (χ0n) is 15.4. The minimum absolute atomic E-state index is 0.0311. The maximum atomic E-state index is 12.6. The van der Waals surface area contributed by atoms with Crippen molar-refractivity contribution in [2.45, 2.75) is 44.6 Å². The fourth-order valence-electron chi connectivity index (χ4n) is 2.42. The van der Waals surface area contributed by atoms with E-state index in [0.29, 0.717) is 18.2 Å². The summed E-state index contributed by atoms with van der Waals surface area (Å²) >= 11 is 0. The topological polar surface area (TPSA) is 88.4 Å². The Morgan fingerprint density at radius 1 is 1.15 bits per heavy atom. The molecular formula is C19H26N2O4S. The molecule has 1 atom stereocenters. The number of carbonyl (C=O) groups excluding carboxylic acids is 1. The van der Waals surface area contributed by atoms with E-state index in [1.807, 2.05) is 6.92 Å². The molecule has 1 heterocycles. The molecule has 142 valence electrons. The van der Waals surface area contributed by atoms with E-state index in [2.05, 4.69) is 23.9 Å². The lowest BCUT2D eigenvalue weighted by atomic mass is 10.1. The van der Waals surface area contributed by atoms with Crippen molar-refractivity contribution in [1.82, 2.24) is 10.0 Å². The van der Waals surface area contributed by atoms with Crippen LogP contribution in [0.3, 0.4) is 0 Å². The summed E-state index contributed by atoms with van der Waals surface area (Å²) in [6.07, 6.45) is 2.29. The molecule has 0 aliphatic rings. The van der Waals surface area contributed by atoms with Crippen LogP contribution in [0.15, 0.2) is 52.0 Å². The van der Waals surface area contributed by atoms with E-state index in [0.717, 1.165) is 12.0 Å². The molecule has 1 aromatic heterocycles. The van der Waals surface area contributed by atoms with Gasteiger partial charge < -0.3 is 9.73 Å². The van der Waals surface area contributed by atoms with Gasteiger partial charge in [0, 0.05) is 6.54 Å². The van der Waals surface area contributed by atoms with Gasteiger partial charge in [0.05, 0.1) is 23.6 Å². The number of benzene rings is 1. The van der Waals surface area contributed by atoms with Gasteiger partial charge in [-0.1, -0.05) is 31.5 Å². The number of hydrogen-bond donors (Lipinski definition) is 2. The lowest BCUT2D eigenvalue weighted by Crippen LogP contribution is -2.34. The molecular weight excluding hydrogens is 352 g/mol. The Morgan fingerprint density at radius 3 is 2.42 bits per heavy atom. The van der Waals surface area contributed by atoms with Crippen LogP contribution in [0.2, 0.25) is 0 Å². The molecule has 0 spiro atoms. The Bertz CT molecular complexity index is 797. The molecule has 0 saturated carbocycles. The highest BCUT2D eigenvalue weighted by molar-refractivity contribution is 7.89. The first-order valence-corrected chi connectivity index (χ1v) is 10.2. The molecule has 0 fully saturated rings. The standard InChI is InChI=1S/C19H26N2O4S/c1-14(2)10-11-20-19(22)13-17(18-5-4-12-25-18)21-26(23,24)16-8-6-15(3)7-9-16/h4-9,12,14,17,21H,10-11,13H2,1-3H3,(H,20,22)/t17-/m0/s1. The number of hydrogen-bond acceptors (Lipinski definition) is 4. The molecule has 7 heteroatoms. The summed E-state index contributed by atoms with van der Waals surface area (Å²) in [7, 11) is -3.77. The molecule has 0 saturated heterocycles. The highest BCUT2D eigenvalue weighted by Crippen LogP contribution is 2.21. The first-order valence-electron chi connectivity index (χ1n) is 8.67. The van der Waals surface area contributed by atoms with Crippen molar-refractivity contribution in [3.63, 3.8) is 0 Å². The third-order valence-electron chi connectivity index (χ3n) is 3.95. The van der Waals surface area contributed by atoms with Gasteiger partial charge in [-0.2, -0.15) is 4.72 Å². The first-order chi connectivity index (χ1) is 12.3. The normalized spacial score (nSPS) is 12.9. The fourth-order valence-corrected chi connectivity index (χ4v) is 3.62. The number of sulfonamides is 1. The molecule has 1 aromatic carbocycles. The minimum Gasteiger partial charge on any atom is -0.468 e. The van der Waals surface area contributed by atoms with E-state index in [1.165, 1.54) is 6.26 Å². The van der Waals surface area contributed by atoms with Gasteiger partial charge in [0.15, 0.2) is 0 Å². The summed E-state index contributed by atoms with van der Waals surface area (Å²) in [4.78, 5) is 12.4. The Balaban J connectivity index is 2.10. The molecule has 0 unspecified atom stereocenters. The summed E-state index contributed by atoms with van der Waals surface area (Å²) in [6.45, 7) is 6.60. The van der Waals surface area contributed by atoms with E-state index in [-0.39, 0.29) is 17.2 Å². The highest BCUT2D eigenvalue weighted by Gasteiger charge is 2.25. The van der Waals surface area contributed by atoms with Gasteiger partial charge in [-0.15, -0.1) is 0 Å². The summed E-state index contributed by atoms with van der Waals surface area (Å²) < 4.78 is 33.2. The maximum absolute atomic E-state index is 12.6. The third kappa shape index (κ3) is 6.00. The number of nitrogens with one attached hydrogen (secondary N) is 2. The van der Waals surface area contributed by atoms with E-state index in [4.69, 9.17) is 4.42 Å². The van der Waals surface area contributed by atoms with Crippen LogP contribution in [0.1, 0.15) is 44.1 Å². The number of rotatable bonds is 9. The molecule has 0 aliphatic carbocycles. The van der Waals surface area contributed by atoms with Gasteiger partial charge in [-0.25, -0.2) is 8.42 Å². The van der Waals surface area contributed by atoms with Crippen LogP contribution in [-0.4, -0.2) is 20.9 Å². The number of carbonyl (C=O) groups is 1. The van der Waals surface area contributed by atoms with Crippen molar-refractivity contribution in [2.24, 2.45) is 5.92 Å². The second-order valence-corrected chi connectivity index (χ2v) is 8.45. The van der Waals surface area contributed by atoms with Crippen molar-refractivity contribution in [2.75, 3.05) is 6.54 Å². The third-order valence-corrected chi connectivity index (χ3v) is 5.44. The van der Waals surface area contributed by atoms with Gasteiger partial charge in [0.1, 0.15) is 5.76 Å². The van der Waals surface area contributed by atoms with Crippen LogP contribution in [0.5, 0.6) is 0 Å². The second kappa shape index (κ2) is 9.00. The van der Waals surface area contributed by atoms with Crippen LogP contribution in [0.25, 0.3) is 0 Å². The zero-order chi connectivity index (χ0) is 19.2. The monoisotopic (exact) mass is 378 g/mol. The van der Waals surface area contributed by atoms with E-state index in [1.54, 1.807) is 36.4 Å². The van der Waals surface area contributed by atoms with Crippen LogP contribution >= 0.6 is 0 Å². The Kier molecular flexibility index (Phi) is 6.99. The molecule has 2 aromatic rings. The second-order valence-electron chi connectivity index (χ2n) is 6.74. The van der Waals surface area contributed by atoms with Gasteiger partial charge in [0.2, 0.25) is 15.9 Å². The summed E-state index contributed by atoms with van der Waals surface area (Å²) in [5.74, 6) is 0.662. The van der Waals surface area contributed by atoms with E-state index in [9.17, 15) is 13.2 Å². The lowest BCUT2D eigenvalue weighted by Gasteiger charge is -2.17. The Hall–Kier alpha value is -2.12. The Labute approximate surface area is 155 Å². The van der Waals surface area contributed by atoms with Crippen LogP contribution in [0.4, 0.5) is 0 Å². The minimum atomic E-state index is -3.77. The summed E-state index contributed by atoms with van der Waals surface area (Å²) in [6, 6.07) is 9.10.